The van der Waals surface area contributed by atoms with Crippen LogP contribution in [0.2, 0.25) is 0 Å². The predicted octanol–water partition coefficient (Wildman–Crippen LogP) is 1.52. The van der Waals surface area contributed by atoms with Gasteiger partial charge in [0.1, 0.15) is 0 Å². The molecule has 2 rings (SSSR count). The smallest absolute Gasteiger partial charge is 0.222 e. The molecule has 88 valence electrons. The number of hydrogen-bond donors (Lipinski definition) is 1. The van der Waals surface area contributed by atoms with E-state index in [0.717, 1.165) is 25.9 Å². The first-order valence-corrected chi connectivity index (χ1v) is 6.63. The van der Waals surface area contributed by atoms with Gasteiger partial charge >= 0.3 is 0 Å². The molecule has 0 aromatic carbocycles. The summed E-state index contributed by atoms with van der Waals surface area (Å²) < 4.78 is 0. The standard InChI is InChI=1S/C12H17NO2S/c14-8-11-3-5-13(7-11)12(15)2-1-10-4-6-16-9-10/h4,6,9,11,14H,1-3,5,7-8H2. The van der Waals surface area contributed by atoms with Crippen molar-refractivity contribution in [3.8, 4) is 0 Å². The lowest BCUT2D eigenvalue weighted by Gasteiger charge is -2.15. The number of amides is 1. The number of nitrogens with zero attached hydrogens (tertiary/aromatic N) is 1. The van der Waals surface area contributed by atoms with Crippen LogP contribution in [-0.2, 0) is 11.2 Å². The average molecular weight is 239 g/mol. The van der Waals surface area contributed by atoms with E-state index in [0.29, 0.717) is 12.3 Å². The minimum Gasteiger partial charge on any atom is -0.396 e. The van der Waals surface area contributed by atoms with Crippen molar-refractivity contribution in [3.63, 3.8) is 0 Å². The van der Waals surface area contributed by atoms with Crippen LogP contribution < -0.4 is 0 Å². The number of aliphatic hydroxyl groups excluding tert-OH is 1. The van der Waals surface area contributed by atoms with Crippen molar-refractivity contribution < 1.29 is 9.90 Å². The van der Waals surface area contributed by atoms with Gasteiger partial charge in [-0.25, -0.2) is 0 Å². The van der Waals surface area contributed by atoms with E-state index in [9.17, 15) is 4.79 Å². The Labute approximate surface area is 99.7 Å². The SMILES string of the molecule is O=C(CCc1ccsc1)N1CCC(CO)C1. The first-order valence-electron chi connectivity index (χ1n) is 5.69. The molecule has 1 aliphatic rings. The fourth-order valence-electron chi connectivity index (χ4n) is 2.05. The van der Waals surface area contributed by atoms with Gasteiger partial charge in [-0.1, -0.05) is 0 Å². The molecule has 1 atom stereocenters. The largest absolute Gasteiger partial charge is 0.396 e. The maximum Gasteiger partial charge on any atom is 0.222 e. The van der Waals surface area contributed by atoms with Gasteiger partial charge in [0, 0.05) is 32.0 Å². The highest BCUT2D eigenvalue weighted by Gasteiger charge is 2.24. The van der Waals surface area contributed by atoms with E-state index in [-0.39, 0.29) is 12.5 Å². The van der Waals surface area contributed by atoms with Crippen molar-refractivity contribution in [3.05, 3.63) is 22.4 Å². The Hall–Kier alpha value is -0.870. The summed E-state index contributed by atoms with van der Waals surface area (Å²) in [5, 5.41) is 13.1. The zero-order valence-corrected chi connectivity index (χ0v) is 10.1. The highest BCUT2D eigenvalue weighted by Crippen LogP contribution is 2.17. The van der Waals surface area contributed by atoms with Gasteiger partial charge in [-0.15, -0.1) is 0 Å². The number of carbonyl (C=O) groups is 1. The van der Waals surface area contributed by atoms with Crippen molar-refractivity contribution in [1.29, 1.82) is 0 Å². The number of thiophene rings is 1. The van der Waals surface area contributed by atoms with Gasteiger partial charge < -0.3 is 10.0 Å². The predicted molar refractivity (Wildman–Crippen MR) is 64.4 cm³/mol. The van der Waals surface area contributed by atoms with Gasteiger partial charge in [-0.2, -0.15) is 11.3 Å². The van der Waals surface area contributed by atoms with Crippen LogP contribution in [-0.4, -0.2) is 35.6 Å². The fraction of sp³-hybridized carbons (Fsp3) is 0.583. The fourth-order valence-corrected chi connectivity index (χ4v) is 2.76. The number of aryl methyl sites for hydroxylation is 1. The number of hydrogen-bond acceptors (Lipinski definition) is 3. The molecule has 4 heteroatoms. The van der Waals surface area contributed by atoms with E-state index in [4.69, 9.17) is 5.11 Å². The van der Waals surface area contributed by atoms with Crippen molar-refractivity contribution in [2.45, 2.75) is 19.3 Å². The normalized spacial score (nSPS) is 20.3. The topological polar surface area (TPSA) is 40.5 Å². The third kappa shape index (κ3) is 2.83. The Balaban J connectivity index is 1.76. The van der Waals surface area contributed by atoms with Gasteiger partial charge in [0.15, 0.2) is 0 Å². The molecule has 16 heavy (non-hydrogen) atoms. The number of rotatable bonds is 4. The van der Waals surface area contributed by atoms with Crippen LogP contribution >= 0.6 is 11.3 Å². The van der Waals surface area contributed by atoms with E-state index < -0.39 is 0 Å². The van der Waals surface area contributed by atoms with Crippen LogP contribution in [0, 0.1) is 5.92 Å². The van der Waals surface area contributed by atoms with Gasteiger partial charge in [0.25, 0.3) is 0 Å². The van der Waals surface area contributed by atoms with Gasteiger partial charge in [-0.3, -0.25) is 4.79 Å². The molecule has 1 aliphatic heterocycles. The van der Waals surface area contributed by atoms with Gasteiger partial charge in [0.05, 0.1) is 0 Å². The molecule has 0 spiro atoms. The van der Waals surface area contributed by atoms with Crippen LogP contribution in [0.5, 0.6) is 0 Å². The first-order chi connectivity index (χ1) is 7.79. The molecule has 0 aliphatic carbocycles. The van der Waals surface area contributed by atoms with E-state index in [1.807, 2.05) is 10.3 Å². The molecule has 1 unspecified atom stereocenters. The van der Waals surface area contributed by atoms with Crippen molar-refractivity contribution in [2.24, 2.45) is 5.92 Å². The Morgan fingerprint density at radius 3 is 3.12 bits per heavy atom. The molecule has 0 radical (unpaired) electrons. The highest BCUT2D eigenvalue weighted by atomic mass is 32.1. The third-order valence-electron chi connectivity index (χ3n) is 3.10. The molecule has 0 bridgehead atoms. The van der Waals surface area contributed by atoms with Crippen LogP contribution in [0.15, 0.2) is 16.8 Å². The summed E-state index contributed by atoms with van der Waals surface area (Å²) in [6.45, 7) is 1.75. The van der Waals surface area contributed by atoms with Crippen molar-refractivity contribution >= 4 is 17.2 Å². The monoisotopic (exact) mass is 239 g/mol. The summed E-state index contributed by atoms with van der Waals surface area (Å²) in [5.41, 5.74) is 1.25. The molecule has 2 heterocycles. The van der Waals surface area contributed by atoms with E-state index in [1.165, 1.54) is 5.56 Å². The summed E-state index contributed by atoms with van der Waals surface area (Å²) in [6, 6.07) is 2.07. The minimum absolute atomic E-state index is 0.203. The third-order valence-corrected chi connectivity index (χ3v) is 3.84. The summed E-state index contributed by atoms with van der Waals surface area (Å²) >= 11 is 1.67. The van der Waals surface area contributed by atoms with E-state index >= 15 is 0 Å². The maximum absolute atomic E-state index is 11.8. The molecule has 1 amide bonds. The summed E-state index contributed by atoms with van der Waals surface area (Å²) in [5.74, 6) is 0.521. The zero-order chi connectivity index (χ0) is 11.4. The second-order valence-electron chi connectivity index (χ2n) is 4.31. The lowest BCUT2D eigenvalue weighted by molar-refractivity contribution is -0.130. The lowest BCUT2D eigenvalue weighted by Crippen LogP contribution is -2.29. The first kappa shape index (κ1) is 11.6. The van der Waals surface area contributed by atoms with Crippen molar-refractivity contribution in [2.75, 3.05) is 19.7 Å². The van der Waals surface area contributed by atoms with Crippen LogP contribution in [0.25, 0.3) is 0 Å². The molecule has 0 saturated carbocycles. The molecule has 1 aromatic rings. The maximum atomic E-state index is 11.8. The highest BCUT2D eigenvalue weighted by molar-refractivity contribution is 7.07. The molecule has 1 saturated heterocycles. The average Bonchev–Trinajstić information content (AvgIpc) is 2.96. The van der Waals surface area contributed by atoms with Gasteiger partial charge in [-0.05, 0) is 35.2 Å². The number of likely N-dealkylation sites (tertiary alicyclic amines) is 1. The lowest BCUT2D eigenvalue weighted by atomic mass is 10.1. The zero-order valence-electron chi connectivity index (χ0n) is 9.26. The van der Waals surface area contributed by atoms with E-state index in [2.05, 4.69) is 11.4 Å². The van der Waals surface area contributed by atoms with E-state index in [1.54, 1.807) is 11.3 Å². The molecule has 1 fully saturated rings. The quantitative estimate of drug-likeness (QED) is 0.865. The Kier molecular flexibility index (Phi) is 3.96. The summed E-state index contributed by atoms with van der Waals surface area (Å²) in [7, 11) is 0. The second kappa shape index (κ2) is 5.46. The Bertz CT molecular complexity index is 337. The molecular weight excluding hydrogens is 222 g/mol. The Morgan fingerprint density at radius 1 is 1.62 bits per heavy atom. The second-order valence-corrected chi connectivity index (χ2v) is 5.09. The van der Waals surface area contributed by atoms with Crippen molar-refractivity contribution in [1.82, 2.24) is 4.90 Å². The van der Waals surface area contributed by atoms with Crippen LogP contribution in [0.3, 0.4) is 0 Å². The minimum atomic E-state index is 0.203. The summed E-state index contributed by atoms with van der Waals surface area (Å²) in [6.07, 6.45) is 2.37. The number of carbonyl (C=O) groups excluding carboxylic acids is 1. The van der Waals surface area contributed by atoms with Gasteiger partial charge in [0.2, 0.25) is 5.91 Å². The molecule has 1 N–H and O–H groups in total. The summed E-state index contributed by atoms with van der Waals surface area (Å²) in [4.78, 5) is 13.7. The molecule has 3 nitrogen and oxygen atoms in total. The molecular formula is C12H17NO2S. The van der Waals surface area contributed by atoms with Crippen LogP contribution in [0.1, 0.15) is 18.4 Å². The molecule has 1 aromatic heterocycles. The number of aliphatic hydroxyl groups is 1. The van der Waals surface area contributed by atoms with Crippen LogP contribution in [0.4, 0.5) is 0 Å². The Morgan fingerprint density at radius 2 is 2.50 bits per heavy atom.